The summed E-state index contributed by atoms with van der Waals surface area (Å²) < 4.78 is 0. The summed E-state index contributed by atoms with van der Waals surface area (Å²) in [6.07, 6.45) is 3.28. The number of nitrogens with zero attached hydrogens (tertiary/aromatic N) is 1. The minimum atomic E-state index is -1.02. The van der Waals surface area contributed by atoms with Gasteiger partial charge in [-0.05, 0) is 25.0 Å². The van der Waals surface area contributed by atoms with E-state index in [2.05, 4.69) is 10.3 Å². The maximum Gasteiger partial charge on any atom is 0.339 e. The van der Waals surface area contributed by atoms with Gasteiger partial charge < -0.3 is 16.2 Å². The average Bonchev–Trinajstić information content (AvgIpc) is 2.28. The molecule has 6 nitrogen and oxygen atoms in total. The highest BCUT2D eigenvalue weighted by atomic mass is 16.4. The van der Waals surface area contributed by atoms with Gasteiger partial charge in [0.2, 0.25) is 5.91 Å². The van der Waals surface area contributed by atoms with Crippen molar-refractivity contribution in [1.82, 2.24) is 4.98 Å². The number of rotatable bonds is 7. The number of carbonyl (C=O) groups is 2. The number of hydrogen-bond acceptors (Lipinski definition) is 4. The van der Waals surface area contributed by atoms with Crippen LogP contribution in [0.25, 0.3) is 0 Å². The molecule has 1 heterocycles. The first-order valence-electron chi connectivity index (χ1n) is 5.31. The lowest BCUT2D eigenvalue weighted by Gasteiger charge is -2.07. The summed E-state index contributed by atoms with van der Waals surface area (Å²) in [7, 11) is 0. The molecule has 1 rings (SSSR count). The maximum absolute atomic E-state index is 10.9. The molecule has 92 valence electrons. The molecule has 0 atom stereocenters. The van der Waals surface area contributed by atoms with Crippen LogP contribution in [0.15, 0.2) is 18.3 Å². The largest absolute Gasteiger partial charge is 0.478 e. The van der Waals surface area contributed by atoms with Gasteiger partial charge in [-0.25, -0.2) is 9.78 Å². The second-order valence-corrected chi connectivity index (χ2v) is 3.55. The Morgan fingerprint density at radius 2 is 2.18 bits per heavy atom. The molecular formula is C11H15N3O3. The Morgan fingerprint density at radius 3 is 2.82 bits per heavy atom. The van der Waals surface area contributed by atoms with Crippen molar-refractivity contribution in [3.63, 3.8) is 0 Å². The van der Waals surface area contributed by atoms with Crippen LogP contribution in [-0.2, 0) is 4.79 Å². The molecule has 1 aromatic heterocycles. The molecule has 4 N–H and O–H groups in total. The van der Waals surface area contributed by atoms with E-state index >= 15 is 0 Å². The summed E-state index contributed by atoms with van der Waals surface area (Å²) in [5, 5.41) is 11.8. The van der Waals surface area contributed by atoms with Gasteiger partial charge in [-0.15, -0.1) is 0 Å². The Balaban J connectivity index is 2.41. The number of nitrogens with one attached hydrogen (secondary N) is 1. The summed E-state index contributed by atoms with van der Waals surface area (Å²) in [5.41, 5.74) is 5.14. The van der Waals surface area contributed by atoms with Gasteiger partial charge in [-0.2, -0.15) is 0 Å². The SMILES string of the molecule is NC(=O)CCCCNc1ncccc1C(=O)O. The van der Waals surface area contributed by atoms with Gasteiger partial charge in [0, 0.05) is 19.2 Å². The van der Waals surface area contributed by atoms with Crippen molar-refractivity contribution < 1.29 is 14.7 Å². The molecule has 0 spiro atoms. The normalized spacial score (nSPS) is 9.88. The molecule has 0 fully saturated rings. The number of carboxylic acids is 1. The van der Waals surface area contributed by atoms with Gasteiger partial charge in [-0.1, -0.05) is 0 Å². The monoisotopic (exact) mass is 237 g/mol. The van der Waals surface area contributed by atoms with Crippen LogP contribution in [0.3, 0.4) is 0 Å². The lowest BCUT2D eigenvalue weighted by molar-refractivity contribution is -0.118. The molecule has 0 unspecified atom stereocenters. The minimum absolute atomic E-state index is 0.141. The fourth-order valence-electron chi connectivity index (χ4n) is 1.35. The molecule has 0 aliphatic rings. The molecule has 1 aromatic rings. The van der Waals surface area contributed by atoms with Crippen molar-refractivity contribution in [1.29, 1.82) is 0 Å². The van der Waals surface area contributed by atoms with E-state index in [0.717, 1.165) is 6.42 Å². The van der Waals surface area contributed by atoms with E-state index in [9.17, 15) is 9.59 Å². The summed E-state index contributed by atoms with van der Waals surface area (Å²) in [6, 6.07) is 3.06. The minimum Gasteiger partial charge on any atom is -0.478 e. The topological polar surface area (TPSA) is 105 Å². The molecule has 0 aliphatic carbocycles. The van der Waals surface area contributed by atoms with Crippen molar-refractivity contribution in [3.8, 4) is 0 Å². The van der Waals surface area contributed by atoms with E-state index in [-0.39, 0.29) is 11.5 Å². The van der Waals surface area contributed by atoms with Crippen molar-refractivity contribution >= 4 is 17.7 Å². The van der Waals surface area contributed by atoms with Crippen LogP contribution in [-0.4, -0.2) is 28.5 Å². The van der Waals surface area contributed by atoms with Gasteiger partial charge in [0.25, 0.3) is 0 Å². The highest BCUT2D eigenvalue weighted by Crippen LogP contribution is 2.11. The zero-order valence-corrected chi connectivity index (χ0v) is 9.35. The molecule has 17 heavy (non-hydrogen) atoms. The molecule has 0 saturated carbocycles. The lowest BCUT2D eigenvalue weighted by Crippen LogP contribution is -2.12. The summed E-state index contributed by atoms with van der Waals surface area (Å²) in [6.45, 7) is 0.560. The Bertz CT molecular complexity index is 407. The third-order valence-corrected chi connectivity index (χ3v) is 2.18. The first kappa shape index (κ1) is 13.0. The predicted octanol–water partition coefficient (Wildman–Crippen LogP) is 0.847. The fourth-order valence-corrected chi connectivity index (χ4v) is 1.35. The maximum atomic E-state index is 10.9. The van der Waals surface area contributed by atoms with Crippen molar-refractivity contribution in [2.45, 2.75) is 19.3 Å². The first-order valence-corrected chi connectivity index (χ1v) is 5.31. The van der Waals surface area contributed by atoms with Gasteiger partial charge in [0.05, 0.1) is 0 Å². The molecule has 1 amide bonds. The number of carboxylic acid groups (broad SMARTS) is 1. The molecular weight excluding hydrogens is 222 g/mol. The van der Waals surface area contributed by atoms with Crippen LogP contribution >= 0.6 is 0 Å². The van der Waals surface area contributed by atoms with Crippen molar-refractivity contribution in [3.05, 3.63) is 23.9 Å². The van der Waals surface area contributed by atoms with E-state index in [1.165, 1.54) is 12.3 Å². The fraction of sp³-hybridized carbons (Fsp3) is 0.364. The number of anilines is 1. The Kier molecular flexibility index (Phi) is 4.93. The number of primary amides is 1. The standard InChI is InChI=1S/C11H15N3O3/c12-9(15)5-1-2-6-13-10-8(11(16)17)4-3-7-14-10/h3-4,7H,1-2,5-6H2,(H2,12,15)(H,13,14)(H,16,17). The second kappa shape index (κ2) is 6.47. The Labute approximate surface area is 98.8 Å². The van der Waals surface area contributed by atoms with Gasteiger partial charge in [-0.3, -0.25) is 4.79 Å². The highest BCUT2D eigenvalue weighted by Gasteiger charge is 2.09. The highest BCUT2D eigenvalue weighted by molar-refractivity contribution is 5.92. The van der Waals surface area contributed by atoms with E-state index in [1.54, 1.807) is 6.07 Å². The van der Waals surface area contributed by atoms with Crippen LogP contribution in [0, 0.1) is 0 Å². The van der Waals surface area contributed by atoms with E-state index in [1.807, 2.05) is 0 Å². The summed E-state index contributed by atoms with van der Waals surface area (Å²) in [5.74, 6) is -0.995. The molecule has 0 bridgehead atoms. The molecule has 0 saturated heterocycles. The van der Waals surface area contributed by atoms with E-state index in [0.29, 0.717) is 25.2 Å². The van der Waals surface area contributed by atoms with Crippen LogP contribution in [0.2, 0.25) is 0 Å². The molecule has 0 aromatic carbocycles. The number of pyridine rings is 1. The molecule has 6 heteroatoms. The second-order valence-electron chi connectivity index (χ2n) is 3.55. The summed E-state index contributed by atoms with van der Waals surface area (Å²) >= 11 is 0. The zero-order chi connectivity index (χ0) is 12.7. The quantitative estimate of drug-likeness (QED) is 0.609. The summed E-state index contributed by atoms with van der Waals surface area (Å²) in [4.78, 5) is 25.3. The number of carbonyl (C=O) groups excluding carboxylic acids is 1. The van der Waals surface area contributed by atoms with Gasteiger partial charge in [0.1, 0.15) is 11.4 Å². The van der Waals surface area contributed by atoms with Crippen molar-refractivity contribution in [2.75, 3.05) is 11.9 Å². The third-order valence-electron chi connectivity index (χ3n) is 2.18. The number of amides is 1. The number of aromatic nitrogens is 1. The van der Waals surface area contributed by atoms with Gasteiger partial charge >= 0.3 is 5.97 Å². The lowest BCUT2D eigenvalue weighted by atomic mass is 10.2. The van der Waals surface area contributed by atoms with Crippen LogP contribution in [0.4, 0.5) is 5.82 Å². The number of hydrogen-bond donors (Lipinski definition) is 3. The predicted molar refractivity (Wildman–Crippen MR) is 62.7 cm³/mol. The number of nitrogens with two attached hydrogens (primary N) is 1. The number of aromatic carboxylic acids is 1. The molecule has 0 aliphatic heterocycles. The average molecular weight is 237 g/mol. The Morgan fingerprint density at radius 1 is 1.41 bits per heavy atom. The smallest absolute Gasteiger partial charge is 0.339 e. The van der Waals surface area contributed by atoms with Crippen LogP contribution < -0.4 is 11.1 Å². The Hall–Kier alpha value is -2.11. The molecule has 0 radical (unpaired) electrons. The van der Waals surface area contributed by atoms with Crippen LogP contribution in [0.5, 0.6) is 0 Å². The van der Waals surface area contributed by atoms with Crippen LogP contribution in [0.1, 0.15) is 29.6 Å². The number of unbranched alkanes of at least 4 members (excludes halogenated alkanes) is 1. The van der Waals surface area contributed by atoms with Crippen molar-refractivity contribution in [2.24, 2.45) is 5.73 Å². The zero-order valence-electron chi connectivity index (χ0n) is 9.35. The first-order chi connectivity index (χ1) is 8.11. The van der Waals surface area contributed by atoms with E-state index in [4.69, 9.17) is 10.8 Å². The third kappa shape index (κ3) is 4.50. The van der Waals surface area contributed by atoms with Gasteiger partial charge in [0.15, 0.2) is 0 Å². The van der Waals surface area contributed by atoms with E-state index < -0.39 is 5.97 Å².